The van der Waals surface area contributed by atoms with Crippen molar-refractivity contribution in [3.05, 3.63) is 0 Å². The highest BCUT2D eigenvalue weighted by molar-refractivity contribution is 7.92. The zero-order valence-corrected chi connectivity index (χ0v) is 10.6. The molecular weight excluding hydrogens is 210 g/mol. The van der Waals surface area contributed by atoms with Crippen molar-refractivity contribution >= 4 is 9.84 Å². The monoisotopic (exact) mass is 233 g/mol. The maximum Gasteiger partial charge on any atom is 0.154 e. The Balaban J connectivity index is 2.74. The molecule has 0 aromatic carbocycles. The molecule has 4 heteroatoms. The van der Waals surface area contributed by atoms with Gasteiger partial charge >= 0.3 is 0 Å². The second kappa shape index (κ2) is 5.30. The summed E-state index contributed by atoms with van der Waals surface area (Å²) < 4.78 is 24.2. The van der Waals surface area contributed by atoms with Crippen molar-refractivity contribution in [2.75, 3.05) is 5.75 Å². The Morgan fingerprint density at radius 2 is 1.80 bits per heavy atom. The van der Waals surface area contributed by atoms with Gasteiger partial charge in [-0.1, -0.05) is 33.1 Å². The number of hydrogen-bond acceptors (Lipinski definition) is 3. The molecule has 3 nitrogen and oxygen atoms in total. The average molecular weight is 233 g/mol. The molecular formula is C11H23NO2S. The number of sulfone groups is 1. The van der Waals surface area contributed by atoms with E-state index in [1.54, 1.807) is 0 Å². The molecule has 1 fully saturated rings. The summed E-state index contributed by atoms with van der Waals surface area (Å²) in [6, 6.07) is -0.142. The first kappa shape index (κ1) is 13.0. The standard InChI is InChI=1S/C11H23NO2S/c1-9(2)8-15(13,14)11-7-5-3-4-6-10(11)12/h9-11H,3-8,12H2,1-2H3. The van der Waals surface area contributed by atoms with Gasteiger partial charge < -0.3 is 5.73 Å². The normalized spacial score (nSPS) is 29.1. The van der Waals surface area contributed by atoms with Gasteiger partial charge in [0.05, 0.1) is 11.0 Å². The molecule has 1 rings (SSSR count). The molecule has 0 spiro atoms. The van der Waals surface area contributed by atoms with Gasteiger partial charge in [-0.15, -0.1) is 0 Å². The Kier molecular flexibility index (Phi) is 4.59. The van der Waals surface area contributed by atoms with Gasteiger partial charge in [0.25, 0.3) is 0 Å². The highest BCUT2D eigenvalue weighted by Gasteiger charge is 2.32. The molecule has 2 unspecified atom stereocenters. The first-order chi connectivity index (χ1) is 6.93. The summed E-state index contributed by atoms with van der Waals surface area (Å²) in [6.07, 6.45) is 4.84. The summed E-state index contributed by atoms with van der Waals surface area (Å²) in [4.78, 5) is 0. The van der Waals surface area contributed by atoms with Crippen molar-refractivity contribution in [1.82, 2.24) is 0 Å². The van der Waals surface area contributed by atoms with E-state index < -0.39 is 9.84 Å². The van der Waals surface area contributed by atoms with E-state index in [9.17, 15) is 8.42 Å². The van der Waals surface area contributed by atoms with Gasteiger partial charge in [-0.25, -0.2) is 8.42 Å². The maximum atomic E-state index is 12.1. The molecule has 90 valence electrons. The van der Waals surface area contributed by atoms with E-state index in [-0.39, 0.29) is 23.0 Å². The second-order valence-corrected chi connectivity index (χ2v) is 7.33. The summed E-state index contributed by atoms with van der Waals surface area (Å²) >= 11 is 0. The van der Waals surface area contributed by atoms with Crippen LogP contribution in [0.5, 0.6) is 0 Å². The summed E-state index contributed by atoms with van der Waals surface area (Å²) in [7, 11) is -2.98. The summed E-state index contributed by atoms with van der Waals surface area (Å²) in [5.74, 6) is 0.483. The smallest absolute Gasteiger partial charge is 0.154 e. The van der Waals surface area contributed by atoms with Gasteiger partial charge in [0, 0.05) is 6.04 Å². The average Bonchev–Trinajstić information content (AvgIpc) is 2.27. The third-order valence-electron chi connectivity index (χ3n) is 3.03. The third kappa shape index (κ3) is 3.76. The molecule has 0 saturated heterocycles. The van der Waals surface area contributed by atoms with Gasteiger partial charge in [-0.3, -0.25) is 0 Å². The van der Waals surface area contributed by atoms with Crippen molar-refractivity contribution in [2.24, 2.45) is 11.7 Å². The largest absolute Gasteiger partial charge is 0.327 e. The molecule has 1 aliphatic rings. The van der Waals surface area contributed by atoms with Gasteiger partial charge in [0.15, 0.2) is 9.84 Å². The van der Waals surface area contributed by atoms with E-state index >= 15 is 0 Å². The first-order valence-electron chi connectivity index (χ1n) is 5.90. The Labute approximate surface area is 93.3 Å². The molecule has 0 aromatic rings. The van der Waals surface area contributed by atoms with Crippen molar-refractivity contribution in [3.63, 3.8) is 0 Å². The molecule has 0 radical (unpaired) electrons. The molecule has 2 atom stereocenters. The lowest BCUT2D eigenvalue weighted by Crippen LogP contribution is -2.41. The molecule has 15 heavy (non-hydrogen) atoms. The predicted octanol–water partition coefficient (Wildman–Crippen LogP) is 1.72. The molecule has 0 bridgehead atoms. The van der Waals surface area contributed by atoms with Gasteiger partial charge in [-0.2, -0.15) is 0 Å². The predicted molar refractivity (Wildman–Crippen MR) is 63.5 cm³/mol. The lowest BCUT2D eigenvalue weighted by Gasteiger charge is -2.22. The van der Waals surface area contributed by atoms with Crippen LogP contribution in [0.1, 0.15) is 46.0 Å². The Hall–Kier alpha value is -0.0900. The van der Waals surface area contributed by atoms with Gasteiger partial charge in [0.2, 0.25) is 0 Å². The van der Waals surface area contributed by atoms with E-state index in [0.717, 1.165) is 32.1 Å². The van der Waals surface area contributed by atoms with Gasteiger partial charge in [0.1, 0.15) is 0 Å². The van der Waals surface area contributed by atoms with Gasteiger partial charge in [-0.05, 0) is 18.8 Å². The molecule has 0 aliphatic heterocycles. The fourth-order valence-electron chi connectivity index (χ4n) is 2.34. The van der Waals surface area contributed by atoms with Crippen LogP contribution in [0.3, 0.4) is 0 Å². The van der Waals surface area contributed by atoms with Crippen LogP contribution in [0.2, 0.25) is 0 Å². The highest BCUT2D eigenvalue weighted by atomic mass is 32.2. The Morgan fingerprint density at radius 3 is 2.40 bits per heavy atom. The lowest BCUT2D eigenvalue weighted by atomic mass is 10.1. The molecule has 0 amide bonds. The van der Waals surface area contributed by atoms with Crippen LogP contribution in [-0.2, 0) is 9.84 Å². The number of nitrogens with two attached hydrogens (primary N) is 1. The van der Waals surface area contributed by atoms with Crippen LogP contribution >= 0.6 is 0 Å². The van der Waals surface area contributed by atoms with Crippen molar-refractivity contribution in [1.29, 1.82) is 0 Å². The van der Waals surface area contributed by atoms with E-state index in [4.69, 9.17) is 5.73 Å². The van der Waals surface area contributed by atoms with E-state index in [0.29, 0.717) is 0 Å². The van der Waals surface area contributed by atoms with E-state index in [2.05, 4.69) is 0 Å². The molecule has 0 heterocycles. The Bertz CT molecular complexity index is 285. The van der Waals surface area contributed by atoms with Crippen molar-refractivity contribution < 1.29 is 8.42 Å². The Morgan fingerprint density at radius 1 is 1.20 bits per heavy atom. The summed E-state index contributed by atoms with van der Waals surface area (Å²) in [5.41, 5.74) is 5.96. The summed E-state index contributed by atoms with van der Waals surface area (Å²) in [6.45, 7) is 3.89. The minimum Gasteiger partial charge on any atom is -0.327 e. The van der Waals surface area contributed by atoms with Crippen LogP contribution in [-0.4, -0.2) is 25.5 Å². The first-order valence-corrected chi connectivity index (χ1v) is 7.62. The molecule has 2 N–H and O–H groups in total. The van der Waals surface area contributed by atoms with Crippen LogP contribution < -0.4 is 5.73 Å². The molecule has 1 aliphatic carbocycles. The van der Waals surface area contributed by atoms with E-state index in [1.165, 1.54) is 0 Å². The number of hydrogen-bond donors (Lipinski definition) is 1. The van der Waals surface area contributed by atoms with Crippen molar-refractivity contribution in [2.45, 2.75) is 57.2 Å². The van der Waals surface area contributed by atoms with Crippen molar-refractivity contribution in [3.8, 4) is 0 Å². The maximum absolute atomic E-state index is 12.1. The highest BCUT2D eigenvalue weighted by Crippen LogP contribution is 2.23. The topological polar surface area (TPSA) is 60.2 Å². The van der Waals surface area contributed by atoms with Crippen LogP contribution in [0.4, 0.5) is 0 Å². The SMILES string of the molecule is CC(C)CS(=O)(=O)C1CCCCCC1N. The zero-order valence-electron chi connectivity index (χ0n) is 9.78. The molecule has 0 aromatic heterocycles. The molecule has 1 saturated carbocycles. The zero-order chi connectivity index (χ0) is 11.5. The van der Waals surface area contributed by atoms with E-state index in [1.807, 2.05) is 13.8 Å². The summed E-state index contributed by atoms with van der Waals surface area (Å²) in [5, 5.41) is -0.289. The third-order valence-corrected chi connectivity index (χ3v) is 5.67. The quantitative estimate of drug-likeness (QED) is 0.755. The second-order valence-electron chi connectivity index (χ2n) is 5.06. The number of rotatable bonds is 3. The minimum atomic E-state index is -2.98. The minimum absolute atomic E-state index is 0.142. The lowest BCUT2D eigenvalue weighted by molar-refractivity contribution is 0.523. The van der Waals surface area contributed by atoms with Crippen LogP contribution in [0, 0.1) is 5.92 Å². The van der Waals surface area contributed by atoms with Crippen LogP contribution in [0.15, 0.2) is 0 Å². The fourth-order valence-corrected chi connectivity index (χ4v) is 4.71. The van der Waals surface area contributed by atoms with Crippen LogP contribution in [0.25, 0.3) is 0 Å². The fraction of sp³-hybridized carbons (Fsp3) is 1.00.